The first-order chi connectivity index (χ1) is 7.72. The van der Waals surface area contributed by atoms with Crippen molar-refractivity contribution in [2.45, 2.75) is 39.2 Å². The molecule has 0 spiro atoms. The number of sulfone groups is 1. The van der Waals surface area contributed by atoms with E-state index in [1.165, 1.54) is 6.26 Å². The van der Waals surface area contributed by atoms with Gasteiger partial charge in [0.2, 0.25) is 0 Å². The Bertz CT molecular complexity index is 324. The highest BCUT2D eigenvalue weighted by Gasteiger charge is 2.11. The van der Waals surface area contributed by atoms with E-state index in [2.05, 4.69) is 4.90 Å². The first kappa shape index (κ1) is 16.4. The smallest absolute Gasteiger partial charge is 0.303 e. The molecule has 6 heteroatoms. The lowest BCUT2D eigenvalue weighted by molar-refractivity contribution is -0.137. The number of carboxylic acids is 1. The molecule has 0 atom stereocenters. The van der Waals surface area contributed by atoms with E-state index < -0.39 is 15.8 Å². The molecule has 102 valence electrons. The van der Waals surface area contributed by atoms with E-state index >= 15 is 0 Å². The number of rotatable bonds is 9. The second kappa shape index (κ2) is 7.66. The topological polar surface area (TPSA) is 74.7 Å². The van der Waals surface area contributed by atoms with E-state index in [4.69, 9.17) is 5.11 Å². The van der Waals surface area contributed by atoms with Gasteiger partial charge in [-0.3, -0.25) is 4.79 Å². The third kappa shape index (κ3) is 10.3. The van der Waals surface area contributed by atoms with Crippen LogP contribution in [0.3, 0.4) is 0 Å². The van der Waals surface area contributed by atoms with Crippen LogP contribution in [0.15, 0.2) is 0 Å². The molecule has 0 saturated carbocycles. The lowest BCUT2D eigenvalue weighted by Gasteiger charge is -2.26. The summed E-state index contributed by atoms with van der Waals surface area (Å²) in [4.78, 5) is 12.5. The standard InChI is InChI=1S/C11H23NO4S/c1-10(2)12(7-4-6-11(13)14)8-5-9-17(3,15)16/h10H,4-9H2,1-3H3,(H,13,14). The lowest BCUT2D eigenvalue weighted by Crippen LogP contribution is -2.33. The molecule has 0 unspecified atom stereocenters. The fraction of sp³-hybridized carbons (Fsp3) is 0.909. The first-order valence-corrected chi connectivity index (χ1v) is 7.92. The van der Waals surface area contributed by atoms with E-state index in [9.17, 15) is 13.2 Å². The highest BCUT2D eigenvalue weighted by atomic mass is 32.2. The van der Waals surface area contributed by atoms with Crippen molar-refractivity contribution in [3.8, 4) is 0 Å². The van der Waals surface area contributed by atoms with Crippen LogP contribution >= 0.6 is 0 Å². The van der Waals surface area contributed by atoms with E-state index in [-0.39, 0.29) is 12.2 Å². The van der Waals surface area contributed by atoms with Gasteiger partial charge in [0.15, 0.2) is 0 Å². The monoisotopic (exact) mass is 265 g/mol. The number of hydrogen-bond donors (Lipinski definition) is 1. The Labute approximate surface area is 104 Å². The summed E-state index contributed by atoms with van der Waals surface area (Å²) in [5.74, 6) is -0.598. The molecule has 0 saturated heterocycles. The maximum absolute atomic E-state index is 11.0. The summed E-state index contributed by atoms with van der Waals surface area (Å²) in [7, 11) is -2.90. The minimum absolute atomic E-state index is 0.162. The molecule has 0 amide bonds. The molecule has 0 rings (SSSR count). The summed E-state index contributed by atoms with van der Waals surface area (Å²) in [6.07, 6.45) is 2.60. The van der Waals surface area contributed by atoms with Crippen LogP contribution < -0.4 is 0 Å². The summed E-state index contributed by atoms with van der Waals surface area (Å²) in [6, 6.07) is 0.309. The third-order valence-corrected chi connectivity index (χ3v) is 3.56. The zero-order valence-electron chi connectivity index (χ0n) is 10.8. The molecule has 0 aromatic heterocycles. The van der Waals surface area contributed by atoms with Gasteiger partial charge in [-0.1, -0.05) is 0 Å². The van der Waals surface area contributed by atoms with Crippen molar-refractivity contribution < 1.29 is 18.3 Å². The second-order valence-corrected chi connectivity index (χ2v) is 6.87. The van der Waals surface area contributed by atoms with Crippen molar-refractivity contribution in [1.29, 1.82) is 0 Å². The molecule has 0 aliphatic rings. The van der Waals surface area contributed by atoms with Gasteiger partial charge in [-0.2, -0.15) is 0 Å². The zero-order valence-corrected chi connectivity index (χ0v) is 11.7. The van der Waals surface area contributed by atoms with Gasteiger partial charge in [-0.05, 0) is 39.8 Å². The molecule has 17 heavy (non-hydrogen) atoms. The highest BCUT2D eigenvalue weighted by Crippen LogP contribution is 2.04. The van der Waals surface area contributed by atoms with Gasteiger partial charge in [-0.25, -0.2) is 8.42 Å². The normalized spacial score (nSPS) is 12.3. The number of carbonyl (C=O) groups is 1. The van der Waals surface area contributed by atoms with E-state index in [1.807, 2.05) is 13.8 Å². The number of hydrogen-bond acceptors (Lipinski definition) is 4. The van der Waals surface area contributed by atoms with Crippen LogP contribution in [0.1, 0.15) is 33.1 Å². The predicted molar refractivity (Wildman–Crippen MR) is 67.9 cm³/mol. The van der Waals surface area contributed by atoms with Gasteiger partial charge in [0.1, 0.15) is 9.84 Å². The number of aliphatic carboxylic acids is 1. The molecule has 0 aliphatic carbocycles. The fourth-order valence-electron chi connectivity index (χ4n) is 1.59. The van der Waals surface area contributed by atoms with Gasteiger partial charge >= 0.3 is 5.97 Å². The highest BCUT2D eigenvalue weighted by molar-refractivity contribution is 7.90. The number of carboxylic acid groups (broad SMARTS) is 1. The maximum Gasteiger partial charge on any atom is 0.303 e. The largest absolute Gasteiger partial charge is 0.481 e. The Balaban J connectivity index is 3.95. The molecule has 0 aliphatic heterocycles. The quantitative estimate of drug-likeness (QED) is 0.673. The number of nitrogens with zero attached hydrogens (tertiary/aromatic N) is 1. The molecule has 1 N–H and O–H groups in total. The molecule has 0 heterocycles. The SMILES string of the molecule is CC(C)N(CCCC(=O)O)CCCS(C)(=O)=O. The Morgan fingerprint density at radius 1 is 1.24 bits per heavy atom. The van der Waals surface area contributed by atoms with Gasteiger partial charge < -0.3 is 10.0 Å². The molecule has 0 radical (unpaired) electrons. The fourth-order valence-corrected chi connectivity index (χ4v) is 2.24. The predicted octanol–water partition coefficient (Wildman–Crippen LogP) is 0.996. The van der Waals surface area contributed by atoms with E-state index in [1.54, 1.807) is 0 Å². The van der Waals surface area contributed by atoms with E-state index in [0.717, 1.165) is 0 Å². The molecule has 0 fully saturated rings. The summed E-state index contributed by atoms with van der Waals surface area (Å²) in [5, 5.41) is 8.55. The second-order valence-electron chi connectivity index (χ2n) is 4.61. The molecule has 0 aromatic carbocycles. The Kier molecular flexibility index (Phi) is 7.38. The summed E-state index contributed by atoms with van der Waals surface area (Å²) < 4.78 is 22.0. The summed E-state index contributed by atoms with van der Waals surface area (Å²) in [6.45, 7) is 5.46. The van der Waals surface area contributed by atoms with Crippen LogP contribution in [-0.2, 0) is 14.6 Å². The van der Waals surface area contributed by atoms with Gasteiger partial charge in [-0.15, -0.1) is 0 Å². The van der Waals surface area contributed by atoms with Crippen molar-refractivity contribution in [3.63, 3.8) is 0 Å². The Morgan fingerprint density at radius 3 is 2.18 bits per heavy atom. The van der Waals surface area contributed by atoms with Crippen LogP contribution in [0.5, 0.6) is 0 Å². The minimum atomic E-state index is -2.90. The molecular weight excluding hydrogens is 242 g/mol. The molecular formula is C11H23NO4S. The summed E-state index contributed by atoms with van der Waals surface area (Å²) >= 11 is 0. The molecule has 0 bridgehead atoms. The van der Waals surface area contributed by atoms with Crippen LogP contribution in [0, 0.1) is 0 Å². The van der Waals surface area contributed by atoms with Gasteiger partial charge in [0.05, 0.1) is 5.75 Å². The average molecular weight is 265 g/mol. The summed E-state index contributed by atoms with van der Waals surface area (Å²) in [5.41, 5.74) is 0. The third-order valence-electron chi connectivity index (χ3n) is 2.53. The van der Waals surface area contributed by atoms with Gasteiger partial charge in [0.25, 0.3) is 0 Å². The molecule has 0 aromatic rings. The van der Waals surface area contributed by atoms with Crippen molar-refractivity contribution in [2.24, 2.45) is 0 Å². The van der Waals surface area contributed by atoms with Crippen LogP contribution in [-0.4, -0.2) is 55.5 Å². The van der Waals surface area contributed by atoms with E-state index in [0.29, 0.717) is 32.0 Å². The minimum Gasteiger partial charge on any atom is -0.481 e. The van der Waals surface area contributed by atoms with Gasteiger partial charge in [0, 0.05) is 18.7 Å². The molecule has 5 nitrogen and oxygen atoms in total. The Hall–Kier alpha value is -0.620. The van der Waals surface area contributed by atoms with Crippen LogP contribution in [0.2, 0.25) is 0 Å². The van der Waals surface area contributed by atoms with Crippen LogP contribution in [0.25, 0.3) is 0 Å². The lowest BCUT2D eigenvalue weighted by atomic mass is 10.2. The van der Waals surface area contributed by atoms with Crippen molar-refractivity contribution in [2.75, 3.05) is 25.1 Å². The Morgan fingerprint density at radius 2 is 1.76 bits per heavy atom. The van der Waals surface area contributed by atoms with Crippen molar-refractivity contribution in [1.82, 2.24) is 4.90 Å². The first-order valence-electron chi connectivity index (χ1n) is 5.86. The maximum atomic E-state index is 11.0. The average Bonchev–Trinajstić information content (AvgIpc) is 2.12. The van der Waals surface area contributed by atoms with Crippen LogP contribution in [0.4, 0.5) is 0 Å². The zero-order chi connectivity index (χ0) is 13.5. The van der Waals surface area contributed by atoms with Crippen molar-refractivity contribution in [3.05, 3.63) is 0 Å². The van der Waals surface area contributed by atoms with Crippen molar-refractivity contribution >= 4 is 15.8 Å².